The van der Waals surface area contributed by atoms with Crippen molar-refractivity contribution >= 4 is 5.69 Å². The van der Waals surface area contributed by atoms with E-state index in [9.17, 15) is 15.2 Å². The van der Waals surface area contributed by atoms with E-state index >= 15 is 0 Å². The highest BCUT2D eigenvalue weighted by atomic mass is 16.6. The second-order valence-electron chi connectivity index (χ2n) is 2.54. The summed E-state index contributed by atoms with van der Waals surface area (Å²) in [6, 6.07) is 3.80. The molecule has 0 unspecified atom stereocenters. The molecule has 0 aliphatic carbocycles. The highest BCUT2D eigenvalue weighted by Crippen LogP contribution is 2.23. The van der Waals surface area contributed by atoms with Crippen LogP contribution in [0, 0.1) is 10.1 Å². The molecule has 0 amide bonds. The van der Waals surface area contributed by atoms with Crippen molar-refractivity contribution < 1.29 is 15.1 Å². The van der Waals surface area contributed by atoms with Crippen molar-refractivity contribution in [2.24, 2.45) is 0 Å². The molecule has 0 radical (unpaired) electrons. The molecule has 0 spiro atoms. The average molecular weight is 183 g/mol. The van der Waals surface area contributed by atoms with Crippen LogP contribution in [0.4, 0.5) is 5.69 Å². The van der Waals surface area contributed by atoms with Crippen LogP contribution in [0.2, 0.25) is 0 Å². The van der Waals surface area contributed by atoms with Crippen molar-refractivity contribution in [3.05, 3.63) is 33.9 Å². The summed E-state index contributed by atoms with van der Waals surface area (Å²) in [4.78, 5) is 9.69. The standard InChI is InChI=1S/C8H9NO4/c10-4-3-6-1-2-7(9(12)13)5-8(6)11/h1-2,5,10-11H,3-4H2. The summed E-state index contributed by atoms with van der Waals surface area (Å²) in [5.74, 6) is -0.150. The van der Waals surface area contributed by atoms with Gasteiger partial charge < -0.3 is 10.2 Å². The zero-order chi connectivity index (χ0) is 9.84. The molecule has 1 rings (SSSR count). The van der Waals surface area contributed by atoms with Gasteiger partial charge in [-0.1, -0.05) is 0 Å². The topological polar surface area (TPSA) is 83.6 Å². The number of phenols is 1. The van der Waals surface area contributed by atoms with Crippen LogP contribution in [-0.4, -0.2) is 21.7 Å². The Bertz CT molecular complexity index is 324. The summed E-state index contributed by atoms with van der Waals surface area (Å²) in [6.07, 6.45) is 0.295. The van der Waals surface area contributed by atoms with Crippen molar-refractivity contribution in [3.8, 4) is 5.75 Å². The van der Waals surface area contributed by atoms with E-state index < -0.39 is 4.92 Å². The Morgan fingerprint density at radius 2 is 2.15 bits per heavy atom. The number of non-ortho nitro benzene ring substituents is 1. The maximum absolute atomic E-state index is 10.3. The Hall–Kier alpha value is -1.62. The number of hydrogen-bond acceptors (Lipinski definition) is 4. The van der Waals surface area contributed by atoms with E-state index in [0.717, 1.165) is 6.07 Å². The molecule has 70 valence electrons. The quantitative estimate of drug-likeness (QED) is 0.537. The van der Waals surface area contributed by atoms with Crippen LogP contribution < -0.4 is 0 Å². The van der Waals surface area contributed by atoms with Crippen LogP contribution >= 0.6 is 0 Å². The molecular formula is C8H9NO4. The molecule has 13 heavy (non-hydrogen) atoms. The molecule has 0 aliphatic heterocycles. The van der Waals surface area contributed by atoms with Crippen molar-refractivity contribution in [2.75, 3.05) is 6.61 Å². The van der Waals surface area contributed by atoms with Crippen LogP contribution in [0.25, 0.3) is 0 Å². The number of nitrogens with zero attached hydrogens (tertiary/aromatic N) is 1. The zero-order valence-corrected chi connectivity index (χ0v) is 6.80. The summed E-state index contributed by atoms with van der Waals surface area (Å²) in [6.45, 7) is -0.0919. The third-order valence-corrected chi connectivity index (χ3v) is 1.66. The molecule has 0 aliphatic rings. The number of aliphatic hydroxyl groups is 1. The van der Waals surface area contributed by atoms with Crippen LogP contribution in [0.5, 0.6) is 5.75 Å². The predicted molar refractivity (Wildman–Crippen MR) is 45.6 cm³/mol. The number of rotatable bonds is 3. The number of nitro groups is 1. The summed E-state index contributed by atoms with van der Waals surface area (Å²) in [5.41, 5.74) is 0.354. The third-order valence-electron chi connectivity index (χ3n) is 1.66. The monoisotopic (exact) mass is 183 g/mol. The molecular weight excluding hydrogens is 174 g/mol. The Kier molecular flexibility index (Phi) is 2.81. The second-order valence-corrected chi connectivity index (χ2v) is 2.54. The Labute approximate surface area is 74.4 Å². The molecule has 0 heterocycles. The molecule has 5 heteroatoms. The van der Waals surface area contributed by atoms with Crippen LogP contribution in [0.3, 0.4) is 0 Å². The van der Waals surface area contributed by atoms with E-state index in [1.54, 1.807) is 0 Å². The van der Waals surface area contributed by atoms with Crippen LogP contribution in [0.15, 0.2) is 18.2 Å². The lowest BCUT2D eigenvalue weighted by Crippen LogP contribution is -1.93. The van der Waals surface area contributed by atoms with E-state index in [-0.39, 0.29) is 18.0 Å². The largest absolute Gasteiger partial charge is 0.507 e. The fourth-order valence-corrected chi connectivity index (χ4v) is 0.998. The SMILES string of the molecule is O=[N+]([O-])c1ccc(CCO)c(O)c1. The molecule has 0 fully saturated rings. The Balaban J connectivity index is 2.98. The predicted octanol–water partition coefficient (Wildman–Crippen LogP) is 0.835. The lowest BCUT2D eigenvalue weighted by atomic mass is 10.1. The highest BCUT2D eigenvalue weighted by molar-refractivity contribution is 5.43. The fraction of sp³-hybridized carbons (Fsp3) is 0.250. The Morgan fingerprint density at radius 1 is 1.46 bits per heavy atom. The van der Waals surface area contributed by atoms with Gasteiger partial charge in [0.1, 0.15) is 5.75 Å². The van der Waals surface area contributed by atoms with Crippen LogP contribution in [0.1, 0.15) is 5.56 Å². The first-order chi connectivity index (χ1) is 6.15. The molecule has 0 saturated heterocycles. The number of benzene rings is 1. The van der Waals surface area contributed by atoms with Gasteiger partial charge in [-0.3, -0.25) is 10.1 Å². The van der Waals surface area contributed by atoms with Gasteiger partial charge in [-0.25, -0.2) is 0 Å². The normalized spacial score (nSPS) is 9.92. The van der Waals surface area contributed by atoms with Gasteiger partial charge in [0, 0.05) is 12.7 Å². The lowest BCUT2D eigenvalue weighted by Gasteiger charge is -2.01. The van der Waals surface area contributed by atoms with E-state index in [1.807, 2.05) is 0 Å². The third kappa shape index (κ3) is 2.16. The van der Waals surface area contributed by atoms with E-state index in [1.165, 1.54) is 12.1 Å². The first kappa shape index (κ1) is 9.47. The summed E-state index contributed by atoms with van der Waals surface area (Å²) >= 11 is 0. The molecule has 1 aromatic carbocycles. The molecule has 0 atom stereocenters. The van der Waals surface area contributed by atoms with Gasteiger partial charge in [-0.05, 0) is 18.1 Å². The average Bonchev–Trinajstić information content (AvgIpc) is 2.08. The minimum absolute atomic E-state index is 0.0919. The molecule has 0 aromatic heterocycles. The van der Waals surface area contributed by atoms with Gasteiger partial charge >= 0.3 is 0 Å². The fourth-order valence-electron chi connectivity index (χ4n) is 0.998. The second kappa shape index (κ2) is 3.86. The number of aliphatic hydroxyl groups excluding tert-OH is 1. The molecule has 2 N–H and O–H groups in total. The van der Waals surface area contributed by atoms with E-state index in [2.05, 4.69) is 0 Å². The van der Waals surface area contributed by atoms with Gasteiger partial charge in [0.05, 0.1) is 11.0 Å². The van der Waals surface area contributed by atoms with E-state index in [4.69, 9.17) is 5.11 Å². The minimum atomic E-state index is -0.581. The van der Waals surface area contributed by atoms with Crippen molar-refractivity contribution in [3.63, 3.8) is 0 Å². The van der Waals surface area contributed by atoms with E-state index in [0.29, 0.717) is 12.0 Å². The number of nitro benzene ring substituents is 1. The maximum Gasteiger partial charge on any atom is 0.273 e. The van der Waals surface area contributed by atoms with Crippen LogP contribution in [-0.2, 0) is 6.42 Å². The lowest BCUT2D eigenvalue weighted by molar-refractivity contribution is -0.384. The smallest absolute Gasteiger partial charge is 0.273 e. The highest BCUT2D eigenvalue weighted by Gasteiger charge is 2.08. The van der Waals surface area contributed by atoms with Gasteiger partial charge in [0.15, 0.2) is 0 Å². The molecule has 0 bridgehead atoms. The first-order valence-electron chi connectivity index (χ1n) is 3.72. The van der Waals surface area contributed by atoms with Gasteiger partial charge in [0.2, 0.25) is 0 Å². The molecule has 5 nitrogen and oxygen atoms in total. The number of phenolic OH excluding ortho intramolecular Hbond substituents is 1. The number of hydrogen-bond donors (Lipinski definition) is 2. The summed E-state index contributed by atoms with van der Waals surface area (Å²) in [5, 5.41) is 28.1. The first-order valence-corrected chi connectivity index (χ1v) is 3.72. The molecule has 0 saturated carbocycles. The Morgan fingerprint density at radius 3 is 2.62 bits per heavy atom. The molecule has 1 aromatic rings. The van der Waals surface area contributed by atoms with Gasteiger partial charge in [-0.2, -0.15) is 0 Å². The maximum atomic E-state index is 10.3. The van der Waals surface area contributed by atoms with Crippen molar-refractivity contribution in [2.45, 2.75) is 6.42 Å². The van der Waals surface area contributed by atoms with Gasteiger partial charge in [-0.15, -0.1) is 0 Å². The van der Waals surface area contributed by atoms with Crippen molar-refractivity contribution in [1.29, 1.82) is 0 Å². The van der Waals surface area contributed by atoms with Gasteiger partial charge in [0.25, 0.3) is 5.69 Å². The summed E-state index contributed by atoms with van der Waals surface area (Å²) in [7, 11) is 0. The summed E-state index contributed by atoms with van der Waals surface area (Å²) < 4.78 is 0. The van der Waals surface area contributed by atoms with Crippen molar-refractivity contribution in [1.82, 2.24) is 0 Å². The zero-order valence-electron chi connectivity index (χ0n) is 6.80. The number of aromatic hydroxyl groups is 1. The minimum Gasteiger partial charge on any atom is -0.507 e.